The number of pyridine rings is 2. The van der Waals surface area contributed by atoms with Gasteiger partial charge >= 0.3 is 0 Å². The van der Waals surface area contributed by atoms with E-state index in [9.17, 15) is 9.59 Å². The lowest BCUT2D eigenvalue weighted by Gasteiger charge is -2.14. The van der Waals surface area contributed by atoms with Gasteiger partial charge in [0.15, 0.2) is 10.8 Å². The highest BCUT2D eigenvalue weighted by molar-refractivity contribution is 7.16. The molecule has 12 heteroatoms. The van der Waals surface area contributed by atoms with Crippen molar-refractivity contribution in [3.63, 3.8) is 0 Å². The summed E-state index contributed by atoms with van der Waals surface area (Å²) in [5, 5.41) is 7.97. The van der Waals surface area contributed by atoms with E-state index < -0.39 is 0 Å². The number of aromatic nitrogens is 5. The Morgan fingerprint density at radius 1 is 1.16 bits per heavy atom. The monoisotopic (exact) mass is 537 g/mol. The summed E-state index contributed by atoms with van der Waals surface area (Å²) >= 11 is 7.48. The fraction of sp³-hybridized carbons (Fsp3) is 0.280. The second kappa shape index (κ2) is 9.91. The number of anilines is 1. The van der Waals surface area contributed by atoms with E-state index in [-0.39, 0.29) is 17.0 Å². The van der Waals surface area contributed by atoms with Crippen LogP contribution in [-0.4, -0.2) is 48.6 Å². The zero-order valence-corrected chi connectivity index (χ0v) is 22.3. The van der Waals surface area contributed by atoms with Crippen LogP contribution in [0, 0.1) is 6.92 Å². The average Bonchev–Trinajstić information content (AvgIpc) is 3.56. The summed E-state index contributed by atoms with van der Waals surface area (Å²) in [6.45, 7) is 4.65. The van der Waals surface area contributed by atoms with E-state index in [1.54, 1.807) is 21.7 Å². The Morgan fingerprint density at radius 3 is 2.68 bits per heavy atom. The normalized spacial score (nSPS) is 12.5. The smallest absolute Gasteiger partial charge is 0.275 e. The third-order valence-electron chi connectivity index (χ3n) is 6.15. The molecule has 10 nitrogen and oxygen atoms in total. The summed E-state index contributed by atoms with van der Waals surface area (Å²) in [6.07, 6.45) is 3.84. The number of thiazole rings is 1. The third-order valence-corrected chi connectivity index (χ3v) is 7.35. The number of nitrogens with zero attached hydrogens (tertiary/aromatic N) is 6. The fourth-order valence-electron chi connectivity index (χ4n) is 4.26. The molecule has 0 aromatic carbocycles. The third kappa shape index (κ3) is 4.79. The molecule has 4 aromatic rings. The highest BCUT2D eigenvalue weighted by Gasteiger charge is 2.30. The predicted octanol–water partition coefficient (Wildman–Crippen LogP) is 4.27. The average molecular weight is 538 g/mol. The first-order valence-corrected chi connectivity index (χ1v) is 12.8. The minimum Gasteiger partial charge on any atom is -0.494 e. The summed E-state index contributed by atoms with van der Waals surface area (Å²) in [6, 6.07) is 5.28. The van der Waals surface area contributed by atoms with E-state index in [2.05, 4.69) is 25.4 Å². The van der Waals surface area contributed by atoms with Crippen molar-refractivity contribution in [2.75, 3.05) is 12.4 Å². The number of ether oxygens (including phenoxy) is 1. The summed E-state index contributed by atoms with van der Waals surface area (Å²) in [4.78, 5) is 41.8. The van der Waals surface area contributed by atoms with Gasteiger partial charge in [-0.25, -0.2) is 9.97 Å². The minimum absolute atomic E-state index is 0.133. The lowest BCUT2D eigenvalue weighted by Crippen LogP contribution is -2.26. The van der Waals surface area contributed by atoms with Gasteiger partial charge in [0, 0.05) is 35.8 Å². The first-order chi connectivity index (χ1) is 17.8. The van der Waals surface area contributed by atoms with Crippen LogP contribution >= 0.6 is 22.9 Å². The molecule has 0 unspecified atom stereocenters. The quantitative estimate of drug-likeness (QED) is 0.365. The minimum atomic E-state index is -0.363. The molecule has 0 saturated heterocycles. The van der Waals surface area contributed by atoms with Gasteiger partial charge in [0.05, 0.1) is 42.5 Å². The van der Waals surface area contributed by atoms with Gasteiger partial charge in [-0.3, -0.25) is 24.6 Å². The number of rotatable bonds is 6. The molecule has 190 valence electrons. The van der Waals surface area contributed by atoms with Gasteiger partial charge in [0.1, 0.15) is 10.9 Å². The number of halogens is 1. The molecule has 0 atom stereocenters. The molecule has 0 radical (unpaired) electrons. The van der Waals surface area contributed by atoms with Crippen molar-refractivity contribution in [2.24, 2.45) is 7.05 Å². The molecular formula is C25H24ClN7O3S. The topological polar surface area (TPSA) is 115 Å². The van der Waals surface area contributed by atoms with E-state index in [0.29, 0.717) is 46.4 Å². The van der Waals surface area contributed by atoms with E-state index in [1.165, 1.54) is 30.8 Å². The second-order valence-corrected chi connectivity index (χ2v) is 10.1. The molecule has 2 amide bonds. The molecule has 4 aromatic heterocycles. The van der Waals surface area contributed by atoms with Crippen LogP contribution in [0.15, 0.2) is 30.6 Å². The maximum atomic E-state index is 13.3. The molecule has 1 aliphatic heterocycles. The first kappa shape index (κ1) is 24.8. The van der Waals surface area contributed by atoms with Crippen LogP contribution in [-0.2, 0) is 26.6 Å². The Morgan fingerprint density at radius 2 is 1.97 bits per heavy atom. The number of aryl methyl sites for hydroxylation is 3. The van der Waals surface area contributed by atoms with Gasteiger partial charge in [-0.15, -0.1) is 0 Å². The molecule has 0 fully saturated rings. The van der Waals surface area contributed by atoms with Gasteiger partial charge in [-0.2, -0.15) is 5.10 Å². The molecule has 5 heterocycles. The van der Waals surface area contributed by atoms with Crippen LogP contribution in [0.3, 0.4) is 0 Å². The largest absolute Gasteiger partial charge is 0.494 e. The number of amides is 2. The molecule has 0 spiro atoms. The van der Waals surface area contributed by atoms with E-state index in [4.69, 9.17) is 16.3 Å². The fourth-order valence-corrected chi connectivity index (χ4v) is 5.40. The zero-order valence-electron chi connectivity index (χ0n) is 20.7. The number of methoxy groups -OCH3 is 1. The van der Waals surface area contributed by atoms with Crippen LogP contribution < -0.4 is 10.1 Å². The van der Waals surface area contributed by atoms with Gasteiger partial charge in [-0.05, 0) is 31.5 Å². The van der Waals surface area contributed by atoms with Crippen molar-refractivity contribution in [3.05, 3.63) is 69.0 Å². The Labute approximate surface area is 222 Å². The number of carbonyl (C=O) groups is 2. The first-order valence-electron chi connectivity index (χ1n) is 11.6. The Hall–Kier alpha value is -3.83. The maximum absolute atomic E-state index is 13.3. The van der Waals surface area contributed by atoms with Crippen LogP contribution in [0.4, 0.5) is 5.13 Å². The zero-order chi connectivity index (χ0) is 26.3. The number of carbonyl (C=O) groups excluding carboxylic acids is 2. The van der Waals surface area contributed by atoms with Crippen molar-refractivity contribution in [3.8, 4) is 16.9 Å². The second-order valence-electron chi connectivity index (χ2n) is 8.58. The molecule has 1 aliphatic rings. The van der Waals surface area contributed by atoms with E-state index >= 15 is 0 Å². The van der Waals surface area contributed by atoms with Crippen molar-refractivity contribution in [1.82, 2.24) is 29.6 Å². The highest BCUT2D eigenvalue weighted by Crippen LogP contribution is 2.35. The Kier molecular flexibility index (Phi) is 6.65. The van der Waals surface area contributed by atoms with Crippen LogP contribution in [0.5, 0.6) is 5.75 Å². The summed E-state index contributed by atoms with van der Waals surface area (Å²) in [7, 11) is 3.37. The number of fused-ring (bicyclic) bond motifs is 1. The summed E-state index contributed by atoms with van der Waals surface area (Å²) in [5.74, 6) is -0.00848. The molecule has 0 bridgehead atoms. The number of hydrogen-bond donors (Lipinski definition) is 1. The molecular weight excluding hydrogens is 514 g/mol. The van der Waals surface area contributed by atoms with Crippen LogP contribution in [0.2, 0.25) is 5.15 Å². The van der Waals surface area contributed by atoms with Crippen molar-refractivity contribution < 1.29 is 14.3 Å². The van der Waals surface area contributed by atoms with Gasteiger partial charge in [0.2, 0.25) is 0 Å². The molecule has 37 heavy (non-hydrogen) atoms. The Bertz CT molecular complexity index is 1510. The van der Waals surface area contributed by atoms with Gasteiger partial charge < -0.3 is 9.64 Å². The Balaban J connectivity index is 1.35. The lowest BCUT2D eigenvalue weighted by atomic mass is 10.0. The van der Waals surface area contributed by atoms with Crippen LogP contribution in [0.1, 0.15) is 49.7 Å². The van der Waals surface area contributed by atoms with Gasteiger partial charge in [-0.1, -0.05) is 29.9 Å². The predicted molar refractivity (Wildman–Crippen MR) is 140 cm³/mol. The van der Waals surface area contributed by atoms with E-state index in [0.717, 1.165) is 28.4 Å². The molecule has 5 rings (SSSR count). The number of hydrogen-bond acceptors (Lipinski definition) is 8. The molecule has 0 aliphatic carbocycles. The highest BCUT2D eigenvalue weighted by atomic mass is 35.5. The maximum Gasteiger partial charge on any atom is 0.275 e. The standard InChI is InChI=1S/C25H24ClN7O3S/c1-5-14-7-18(31-32(14)3)24(35)33-11-19-21(12-33)37-25(29-19)30-23(34)17-9-27-13(2)6-15(17)16-8-22(26)28-10-20(16)36-4/h6-10H,5,11-12H2,1-4H3,(H,29,30,34). The molecule has 0 saturated carbocycles. The van der Waals surface area contributed by atoms with Crippen molar-refractivity contribution >= 4 is 39.9 Å². The summed E-state index contributed by atoms with van der Waals surface area (Å²) in [5.41, 5.74) is 4.53. The number of nitrogens with one attached hydrogen (secondary N) is 1. The van der Waals surface area contributed by atoms with Crippen LogP contribution in [0.25, 0.3) is 11.1 Å². The SMILES string of the molecule is CCc1cc(C(=O)N2Cc3nc(NC(=O)c4cnc(C)cc4-c4cc(Cl)ncc4OC)sc3C2)nn1C. The van der Waals surface area contributed by atoms with Crippen molar-refractivity contribution in [2.45, 2.75) is 33.4 Å². The van der Waals surface area contributed by atoms with Gasteiger partial charge in [0.25, 0.3) is 11.8 Å². The van der Waals surface area contributed by atoms with Crippen molar-refractivity contribution in [1.29, 1.82) is 0 Å². The van der Waals surface area contributed by atoms with E-state index in [1.807, 2.05) is 27.0 Å². The summed E-state index contributed by atoms with van der Waals surface area (Å²) < 4.78 is 7.17. The lowest BCUT2D eigenvalue weighted by molar-refractivity contribution is 0.0744. The molecule has 1 N–H and O–H groups in total.